The number of rotatable bonds is 2. The molecule has 1 fully saturated rings. The van der Waals surface area contributed by atoms with Crippen molar-refractivity contribution in [3.63, 3.8) is 0 Å². The summed E-state index contributed by atoms with van der Waals surface area (Å²) in [5.74, 6) is 1.37. The second-order valence-corrected chi connectivity index (χ2v) is 4.87. The standard InChI is InChI=1S/C14H21N/c1-11(2)12-5-3-6-13(9-12)14-7-4-8-15-10-14/h3,5-6,9,11,14-15H,4,7-8,10H2,1-2H3. The van der Waals surface area contributed by atoms with E-state index in [0.29, 0.717) is 5.92 Å². The molecule has 0 aromatic heterocycles. The maximum atomic E-state index is 3.48. The smallest absolute Gasteiger partial charge is 0.00201 e. The van der Waals surface area contributed by atoms with Gasteiger partial charge >= 0.3 is 0 Å². The van der Waals surface area contributed by atoms with Crippen LogP contribution in [0.4, 0.5) is 0 Å². The van der Waals surface area contributed by atoms with Crippen molar-refractivity contribution in [1.82, 2.24) is 5.32 Å². The molecule has 1 aliphatic rings. The molecule has 1 N–H and O–H groups in total. The van der Waals surface area contributed by atoms with Crippen molar-refractivity contribution < 1.29 is 0 Å². The van der Waals surface area contributed by atoms with E-state index in [1.165, 1.54) is 30.5 Å². The molecule has 1 aliphatic heterocycles. The molecule has 0 spiro atoms. The summed E-state index contributed by atoms with van der Waals surface area (Å²) in [6.07, 6.45) is 2.66. The zero-order chi connectivity index (χ0) is 10.7. The highest BCUT2D eigenvalue weighted by atomic mass is 14.9. The van der Waals surface area contributed by atoms with Gasteiger partial charge in [0.05, 0.1) is 0 Å². The third-order valence-electron chi connectivity index (χ3n) is 3.35. The van der Waals surface area contributed by atoms with E-state index in [2.05, 4.69) is 43.4 Å². The Morgan fingerprint density at radius 2 is 2.20 bits per heavy atom. The minimum absolute atomic E-state index is 0.640. The van der Waals surface area contributed by atoms with Crippen molar-refractivity contribution in [2.45, 2.75) is 38.5 Å². The molecule has 1 unspecified atom stereocenters. The van der Waals surface area contributed by atoms with E-state index in [9.17, 15) is 0 Å². The van der Waals surface area contributed by atoms with Crippen molar-refractivity contribution in [2.24, 2.45) is 0 Å². The molecule has 0 aliphatic carbocycles. The molecule has 0 bridgehead atoms. The summed E-state index contributed by atoms with van der Waals surface area (Å²) in [6, 6.07) is 9.12. The van der Waals surface area contributed by atoms with Gasteiger partial charge in [0, 0.05) is 6.54 Å². The van der Waals surface area contributed by atoms with Gasteiger partial charge in [-0.15, -0.1) is 0 Å². The summed E-state index contributed by atoms with van der Waals surface area (Å²) in [6.45, 7) is 6.87. The lowest BCUT2D eigenvalue weighted by Crippen LogP contribution is -2.28. The van der Waals surface area contributed by atoms with E-state index >= 15 is 0 Å². The van der Waals surface area contributed by atoms with E-state index in [1.807, 2.05) is 0 Å². The first-order valence-corrected chi connectivity index (χ1v) is 6.08. The van der Waals surface area contributed by atoms with E-state index in [1.54, 1.807) is 0 Å². The lowest BCUT2D eigenvalue weighted by molar-refractivity contribution is 0.461. The van der Waals surface area contributed by atoms with Crippen LogP contribution in [0, 0.1) is 0 Å². The van der Waals surface area contributed by atoms with Crippen LogP contribution < -0.4 is 5.32 Å². The summed E-state index contributed by atoms with van der Waals surface area (Å²) in [7, 11) is 0. The van der Waals surface area contributed by atoms with Gasteiger partial charge in [0.1, 0.15) is 0 Å². The summed E-state index contributed by atoms with van der Waals surface area (Å²) in [5.41, 5.74) is 2.99. The lowest BCUT2D eigenvalue weighted by Gasteiger charge is -2.23. The molecule has 1 heterocycles. The van der Waals surface area contributed by atoms with Gasteiger partial charge in [-0.2, -0.15) is 0 Å². The number of hydrogen-bond acceptors (Lipinski definition) is 1. The molecule has 0 radical (unpaired) electrons. The molecule has 1 aromatic carbocycles. The quantitative estimate of drug-likeness (QED) is 0.778. The van der Waals surface area contributed by atoms with Crippen LogP contribution in [0.15, 0.2) is 24.3 Å². The molecule has 1 nitrogen and oxygen atoms in total. The fraction of sp³-hybridized carbons (Fsp3) is 0.571. The molecule has 82 valence electrons. The Morgan fingerprint density at radius 3 is 2.87 bits per heavy atom. The van der Waals surface area contributed by atoms with Gasteiger partial charge in [0.25, 0.3) is 0 Å². The average molecular weight is 203 g/mol. The highest BCUT2D eigenvalue weighted by Gasteiger charge is 2.15. The molecule has 1 heteroatoms. The maximum Gasteiger partial charge on any atom is 0.00201 e. The average Bonchev–Trinajstić information content (AvgIpc) is 2.30. The minimum atomic E-state index is 0.640. The van der Waals surface area contributed by atoms with Gasteiger partial charge in [0.2, 0.25) is 0 Å². The van der Waals surface area contributed by atoms with Gasteiger partial charge in [0.15, 0.2) is 0 Å². The first-order chi connectivity index (χ1) is 7.27. The van der Waals surface area contributed by atoms with Gasteiger partial charge in [-0.1, -0.05) is 38.1 Å². The van der Waals surface area contributed by atoms with Crippen molar-refractivity contribution >= 4 is 0 Å². The molecule has 1 saturated heterocycles. The number of benzene rings is 1. The van der Waals surface area contributed by atoms with Gasteiger partial charge in [-0.25, -0.2) is 0 Å². The van der Waals surface area contributed by atoms with E-state index in [0.717, 1.165) is 12.5 Å². The van der Waals surface area contributed by atoms with Crippen molar-refractivity contribution in [3.05, 3.63) is 35.4 Å². The summed E-state index contributed by atoms with van der Waals surface area (Å²) >= 11 is 0. The van der Waals surface area contributed by atoms with E-state index < -0.39 is 0 Å². The Morgan fingerprint density at radius 1 is 1.33 bits per heavy atom. The van der Waals surface area contributed by atoms with Crippen LogP contribution in [0.1, 0.15) is 49.7 Å². The highest BCUT2D eigenvalue weighted by Crippen LogP contribution is 2.25. The van der Waals surface area contributed by atoms with Gasteiger partial charge in [-0.05, 0) is 42.3 Å². The van der Waals surface area contributed by atoms with Gasteiger partial charge in [-0.3, -0.25) is 0 Å². The van der Waals surface area contributed by atoms with Gasteiger partial charge < -0.3 is 5.32 Å². The van der Waals surface area contributed by atoms with Crippen molar-refractivity contribution in [3.8, 4) is 0 Å². The highest BCUT2D eigenvalue weighted by molar-refractivity contribution is 5.28. The monoisotopic (exact) mass is 203 g/mol. The molecule has 0 saturated carbocycles. The molecular formula is C14H21N. The Kier molecular flexibility index (Phi) is 3.42. The van der Waals surface area contributed by atoms with Crippen LogP contribution in [0.3, 0.4) is 0 Å². The third kappa shape index (κ3) is 2.60. The molecular weight excluding hydrogens is 182 g/mol. The first-order valence-electron chi connectivity index (χ1n) is 6.08. The Hall–Kier alpha value is -0.820. The number of piperidine rings is 1. The van der Waals surface area contributed by atoms with Crippen LogP contribution in [0.2, 0.25) is 0 Å². The predicted octanol–water partition coefficient (Wildman–Crippen LogP) is 3.28. The molecule has 1 atom stereocenters. The fourth-order valence-electron chi connectivity index (χ4n) is 2.31. The third-order valence-corrected chi connectivity index (χ3v) is 3.35. The van der Waals surface area contributed by atoms with Crippen molar-refractivity contribution in [2.75, 3.05) is 13.1 Å². The summed E-state index contributed by atoms with van der Waals surface area (Å²) < 4.78 is 0. The van der Waals surface area contributed by atoms with Crippen LogP contribution in [-0.2, 0) is 0 Å². The molecule has 2 rings (SSSR count). The zero-order valence-electron chi connectivity index (χ0n) is 9.79. The minimum Gasteiger partial charge on any atom is -0.316 e. The largest absolute Gasteiger partial charge is 0.316 e. The molecule has 1 aromatic rings. The molecule has 15 heavy (non-hydrogen) atoms. The fourth-order valence-corrected chi connectivity index (χ4v) is 2.31. The Balaban J connectivity index is 2.16. The normalized spacial score (nSPS) is 21.9. The molecule has 0 amide bonds. The number of nitrogens with one attached hydrogen (secondary N) is 1. The first kappa shape index (κ1) is 10.7. The second-order valence-electron chi connectivity index (χ2n) is 4.87. The topological polar surface area (TPSA) is 12.0 Å². The Bertz CT molecular complexity index is 311. The summed E-state index contributed by atoms with van der Waals surface area (Å²) in [5, 5.41) is 3.48. The van der Waals surface area contributed by atoms with Crippen LogP contribution in [0.25, 0.3) is 0 Å². The van der Waals surface area contributed by atoms with Crippen LogP contribution in [0.5, 0.6) is 0 Å². The number of hydrogen-bond donors (Lipinski definition) is 1. The Labute approximate surface area is 92.9 Å². The maximum absolute atomic E-state index is 3.48. The van der Waals surface area contributed by atoms with Crippen LogP contribution in [-0.4, -0.2) is 13.1 Å². The van der Waals surface area contributed by atoms with Crippen molar-refractivity contribution in [1.29, 1.82) is 0 Å². The van der Waals surface area contributed by atoms with E-state index in [-0.39, 0.29) is 0 Å². The van der Waals surface area contributed by atoms with Crippen LogP contribution >= 0.6 is 0 Å². The second kappa shape index (κ2) is 4.80. The predicted molar refractivity (Wildman–Crippen MR) is 65.4 cm³/mol. The zero-order valence-corrected chi connectivity index (χ0v) is 9.79. The van der Waals surface area contributed by atoms with E-state index in [4.69, 9.17) is 0 Å². The SMILES string of the molecule is CC(C)c1cccc(C2CCCNC2)c1. The lowest BCUT2D eigenvalue weighted by atomic mass is 9.89. The summed E-state index contributed by atoms with van der Waals surface area (Å²) in [4.78, 5) is 0.